The zero-order valence-corrected chi connectivity index (χ0v) is 15.4. The highest BCUT2D eigenvalue weighted by Gasteiger charge is 2.11. The third-order valence-electron chi connectivity index (χ3n) is 4.28. The summed E-state index contributed by atoms with van der Waals surface area (Å²) in [6.07, 6.45) is 1.92. The molecule has 0 saturated carbocycles. The Balaban J connectivity index is 1.91. The summed E-state index contributed by atoms with van der Waals surface area (Å²) in [6.45, 7) is 6.06. The summed E-state index contributed by atoms with van der Waals surface area (Å²) in [4.78, 5) is 2.26. The summed E-state index contributed by atoms with van der Waals surface area (Å²) in [5.74, 6) is 0. The van der Waals surface area contributed by atoms with Crippen LogP contribution < -0.4 is 4.90 Å². The van der Waals surface area contributed by atoms with Crippen LogP contribution in [0.2, 0.25) is 0 Å². The SMILES string of the molecule is CCN(CC)N=Cc1ccc(N(c2ccccc2)c2ccccc2)cc1. The molecule has 0 atom stereocenters. The van der Waals surface area contributed by atoms with Crippen molar-refractivity contribution in [3.8, 4) is 0 Å². The molecule has 132 valence electrons. The van der Waals surface area contributed by atoms with Gasteiger partial charge in [-0.1, -0.05) is 48.5 Å². The number of hydrazone groups is 1. The fourth-order valence-electron chi connectivity index (χ4n) is 2.85. The van der Waals surface area contributed by atoms with Gasteiger partial charge in [-0.05, 0) is 55.8 Å². The Kier molecular flexibility index (Phi) is 6.05. The van der Waals surface area contributed by atoms with Gasteiger partial charge in [-0.3, -0.25) is 5.01 Å². The molecule has 0 fully saturated rings. The highest BCUT2D eigenvalue weighted by atomic mass is 15.4. The molecule has 0 aliphatic heterocycles. The van der Waals surface area contributed by atoms with E-state index in [1.54, 1.807) is 0 Å². The molecule has 0 amide bonds. The van der Waals surface area contributed by atoms with Crippen LogP contribution in [-0.2, 0) is 0 Å². The van der Waals surface area contributed by atoms with Crippen molar-refractivity contribution in [2.75, 3.05) is 18.0 Å². The molecule has 3 nitrogen and oxygen atoms in total. The van der Waals surface area contributed by atoms with Gasteiger partial charge < -0.3 is 4.90 Å². The molecule has 0 N–H and O–H groups in total. The van der Waals surface area contributed by atoms with E-state index in [0.29, 0.717) is 0 Å². The second-order valence-corrected chi connectivity index (χ2v) is 5.98. The fourth-order valence-corrected chi connectivity index (χ4v) is 2.85. The number of benzene rings is 3. The number of nitrogens with zero attached hydrogens (tertiary/aromatic N) is 3. The summed E-state index contributed by atoms with van der Waals surface area (Å²) in [5.41, 5.74) is 4.51. The van der Waals surface area contributed by atoms with E-state index in [-0.39, 0.29) is 0 Å². The van der Waals surface area contributed by atoms with Crippen molar-refractivity contribution >= 4 is 23.3 Å². The molecule has 0 heterocycles. The van der Waals surface area contributed by atoms with Crippen LogP contribution in [0.5, 0.6) is 0 Å². The van der Waals surface area contributed by atoms with Crippen LogP contribution in [0.3, 0.4) is 0 Å². The topological polar surface area (TPSA) is 18.8 Å². The first-order chi connectivity index (χ1) is 12.8. The van der Waals surface area contributed by atoms with E-state index in [2.05, 4.69) is 96.6 Å². The van der Waals surface area contributed by atoms with Crippen molar-refractivity contribution in [3.05, 3.63) is 90.5 Å². The van der Waals surface area contributed by atoms with Gasteiger partial charge in [0.15, 0.2) is 0 Å². The molecule has 3 rings (SSSR count). The first-order valence-corrected chi connectivity index (χ1v) is 9.11. The first-order valence-electron chi connectivity index (χ1n) is 9.11. The minimum atomic E-state index is 0.918. The van der Waals surface area contributed by atoms with Crippen molar-refractivity contribution in [1.82, 2.24) is 5.01 Å². The van der Waals surface area contributed by atoms with E-state index >= 15 is 0 Å². The van der Waals surface area contributed by atoms with Gasteiger partial charge in [0.05, 0.1) is 6.21 Å². The van der Waals surface area contributed by atoms with Gasteiger partial charge in [0.1, 0.15) is 0 Å². The van der Waals surface area contributed by atoms with Crippen LogP contribution in [0.1, 0.15) is 19.4 Å². The van der Waals surface area contributed by atoms with Crippen molar-refractivity contribution in [3.63, 3.8) is 0 Å². The van der Waals surface area contributed by atoms with Crippen LogP contribution >= 0.6 is 0 Å². The molecule has 0 aliphatic rings. The molecule has 0 unspecified atom stereocenters. The van der Waals surface area contributed by atoms with Crippen molar-refractivity contribution in [2.45, 2.75) is 13.8 Å². The number of anilines is 3. The Morgan fingerprint density at radius 3 is 1.58 bits per heavy atom. The third-order valence-corrected chi connectivity index (χ3v) is 4.28. The maximum Gasteiger partial charge on any atom is 0.0542 e. The molecular weight excluding hydrogens is 318 g/mol. The number of hydrogen-bond acceptors (Lipinski definition) is 3. The van der Waals surface area contributed by atoms with Gasteiger partial charge >= 0.3 is 0 Å². The molecule has 0 radical (unpaired) electrons. The largest absolute Gasteiger partial charge is 0.311 e. The first kappa shape index (κ1) is 17.7. The predicted octanol–water partition coefficient (Wildman–Crippen LogP) is 5.83. The minimum Gasteiger partial charge on any atom is -0.311 e. The molecule has 0 spiro atoms. The second kappa shape index (κ2) is 8.86. The molecule has 0 aromatic heterocycles. The van der Waals surface area contributed by atoms with E-state index in [1.165, 1.54) is 0 Å². The summed E-state index contributed by atoms with van der Waals surface area (Å²) in [5, 5.41) is 6.55. The molecule has 0 saturated heterocycles. The van der Waals surface area contributed by atoms with Crippen molar-refractivity contribution in [2.24, 2.45) is 5.10 Å². The normalized spacial score (nSPS) is 10.8. The van der Waals surface area contributed by atoms with Gasteiger partial charge in [-0.2, -0.15) is 5.10 Å². The Bertz CT molecular complexity index is 768. The van der Waals surface area contributed by atoms with Gasteiger partial charge in [0.25, 0.3) is 0 Å². The maximum absolute atomic E-state index is 4.52. The number of hydrogen-bond donors (Lipinski definition) is 0. The van der Waals surface area contributed by atoms with Gasteiger partial charge in [0, 0.05) is 30.2 Å². The Morgan fingerprint density at radius 2 is 1.12 bits per heavy atom. The average molecular weight is 343 g/mol. The summed E-state index contributed by atoms with van der Waals surface area (Å²) >= 11 is 0. The lowest BCUT2D eigenvalue weighted by Gasteiger charge is -2.25. The second-order valence-electron chi connectivity index (χ2n) is 5.98. The van der Waals surface area contributed by atoms with Gasteiger partial charge in [-0.15, -0.1) is 0 Å². The highest BCUT2D eigenvalue weighted by Crippen LogP contribution is 2.33. The molecule has 3 aromatic carbocycles. The van der Waals surface area contributed by atoms with Crippen molar-refractivity contribution < 1.29 is 0 Å². The smallest absolute Gasteiger partial charge is 0.0542 e. The number of para-hydroxylation sites is 2. The van der Waals surface area contributed by atoms with Crippen LogP contribution in [-0.4, -0.2) is 24.3 Å². The lowest BCUT2D eigenvalue weighted by atomic mass is 10.1. The Morgan fingerprint density at radius 1 is 0.654 bits per heavy atom. The Hall–Kier alpha value is -3.07. The standard InChI is InChI=1S/C23H25N3/c1-3-25(4-2)24-19-20-15-17-23(18-16-20)26(21-11-7-5-8-12-21)22-13-9-6-10-14-22/h5-19H,3-4H2,1-2H3. The molecule has 3 aromatic rings. The lowest BCUT2D eigenvalue weighted by Crippen LogP contribution is -2.15. The Labute approximate surface area is 156 Å². The third kappa shape index (κ3) is 4.31. The monoisotopic (exact) mass is 343 g/mol. The van der Waals surface area contributed by atoms with E-state index in [0.717, 1.165) is 35.7 Å². The van der Waals surface area contributed by atoms with Gasteiger partial charge in [0.2, 0.25) is 0 Å². The molecular formula is C23H25N3. The van der Waals surface area contributed by atoms with E-state index in [1.807, 2.05) is 23.4 Å². The highest BCUT2D eigenvalue weighted by molar-refractivity contribution is 5.82. The quantitative estimate of drug-likeness (QED) is 0.397. The lowest BCUT2D eigenvalue weighted by molar-refractivity contribution is 0.323. The zero-order chi connectivity index (χ0) is 18.2. The fraction of sp³-hybridized carbons (Fsp3) is 0.174. The molecule has 26 heavy (non-hydrogen) atoms. The van der Waals surface area contributed by atoms with Crippen molar-refractivity contribution in [1.29, 1.82) is 0 Å². The molecule has 0 aliphatic carbocycles. The molecule has 3 heteroatoms. The van der Waals surface area contributed by atoms with E-state index < -0.39 is 0 Å². The van der Waals surface area contributed by atoms with Crippen LogP contribution in [0.25, 0.3) is 0 Å². The van der Waals surface area contributed by atoms with E-state index in [4.69, 9.17) is 0 Å². The predicted molar refractivity (Wildman–Crippen MR) is 112 cm³/mol. The van der Waals surface area contributed by atoms with Crippen LogP contribution in [0.4, 0.5) is 17.1 Å². The van der Waals surface area contributed by atoms with Crippen LogP contribution in [0, 0.1) is 0 Å². The maximum atomic E-state index is 4.52. The van der Waals surface area contributed by atoms with E-state index in [9.17, 15) is 0 Å². The number of rotatable bonds is 7. The summed E-state index contributed by atoms with van der Waals surface area (Å²) < 4.78 is 0. The summed E-state index contributed by atoms with van der Waals surface area (Å²) in [6, 6.07) is 29.4. The van der Waals surface area contributed by atoms with Gasteiger partial charge in [-0.25, -0.2) is 0 Å². The minimum absolute atomic E-state index is 0.918. The molecule has 0 bridgehead atoms. The van der Waals surface area contributed by atoms with Crippen LogP contribution in [0.15, 0.2) is 90.0 Å². The summed E-state index contributed by atoms with van der Waals surface area (Å²) in [7, 11) is 0. The average Bonchev–Trinajstić information content (AvgIpc) is 2.72. The zero-order valence-electron chi connectivity index (χ0n) is 15.4.